The summed E-state index contributed by atoms with van der Waals surface area (Å²) in [6.07, 6.45) is 1.46. The van der Waals surface area contributed by atoms with Crippen LogP contribution in [0.5, 0.6) is 11.5 Å². The van der Waals surface area contributed by atoms with Crippen LogP contribution in [0.3, 0.4) is 0 Å². The Hall–Kier alpha value is -3.36. The lowest BCUT2D eigenvalue weighted by Gasteiger charge is -2.26. The van der Waals surface area contributed by atoms with Crippen molar-refractivity contribution < 1.29 is 19.0 Å². The largest absolute Gasteiger partial charge is 0.490 e. The fourth-order valence-corrected chi connectivity index (χ4v) is 5.45. The van der Waals surface area contributed by atoms with Crippen LogP contribution < -0.4 is 24.4 Å². The number of nitrogens with zero attached hydrogens (tertiary/aromatic N) is 2. The molecule has 4 rings (SSSR count). The van der Waals surface area contributed by atoms with Crippen molar-refractivity contribution in [1.82, 2.24) is 4.57 Å². The molecule has 0 aliphatic carbocycles. The molecule has 194 valence electrons. The van der Waals surface area contributed by atoms with Gasteiger partial charge in [-0.05, 0) is 70.0 Å². The zero-order chi connectivity index (χ0) is 26.7. The molecule has 37 heavy (non-hydrogen) atoms. The molecule has 1 aliphatic rings. The van der Waals surface area contributed by atoms with E-state index in [1.807, 2.05) is 44.2 Å². The number of thiazole rings is 1. The van der Waals surface area contributed by atoms with Crippen LogP contribution in [0, 0.1) is 0 Å². The minimum absolute atomic E-state index is 0.275. The van der Waals surface area contributed by atoms with Gasteiger partial charge in [0.15, 0.2) is 16.3 Å². The van der Waals surface area contributed by atoms with E-state index in [9.17, 15) is 9.59 Å². The van der Waals surface area contributed by atoms with Crippen LogP contribution in [0.15, 0.2) is 63.5 Å². The Bertz CT molecular complexity index is 1540. The topological polar surface area (TPSA) is 79.1 Å². The molecule has 1 aliphatic heterocycles. The number of esters is 1. The van der Waals surface area contributed by atoms with E-state index in [-0.39, 0.29) is 11.7 Å². The van der Waals surface area contributed by atoms with E-state index in [1.165, 1.54) is 15.9 Å². The summed E-state index contributed by atoms with van der Waals surface area (Å²) < 4.78 is 18.9. The lowest BCUT2D eigenvalue weighted by molar-refractivity contribution is -0.143. The van der Waals surface area contributed by atoms with Crippen LogP contribution >= 0.6 is 22.9 Å². The predicted molar refractivity (Wildman–Crippen MR) is 145 cm³/mol. The first-order chi connectivity index (χ1) is 17.7. The standard InChI is InChI=1S/C28H29ClN2O5S/c1-6-34-21-13-12-18(14-22(21)35-7-2)15-23-26(32)31-25(19-10-8-9-11-20(19)29)24(27(33)36-16(3)4)17(5)30-28(31)37-23/h8-16,25H,6-7H2,1-5H3. The molecule has 7 nitrogen and oxygen atoms in total. The molecule has 0 radical (unpaired) electrons. The van der Waals surface area contributed by atoms with Crippen LogP contribution in [0.25, 0.3) is 6.08 Å². The predicted octanol–water partition coefficient (Wildman–Crippen LogP) is 4.64. The molecule has 1 unspecified atom stereocenters. The highest BCUT2D eigenvalue weighted by Crippen LogP contribution is 2.34. The molecule has 2 aromatic carbocycles. The third-order valence-electron chi connectivity index (χ3n) is 5.65. The number of halogens is 1. The first-order valence-corrected chi connectivity index (χ1v) is 13.3. The van der Waals surface area contributed by atoms with E-state index in [0.717, 1.165) is 5.56 Å². The van der Waals surface area contributed by atoms with Gasteiger partial charge in [0.2, 0.25) is 0 Å². The molecule has 0 spiro atoms. The maximum atomic E-state index is 13.8. The van der Waals surface area contributed by atoms with Crippen LogP contribution in [0.2, 0.25) is 5.02 Å². The zero-order valence-electron chi connectivity index (χ0n) is 21.4. The van der Waals surface area contributed by atoms with E-state index < -0.39 is 12.0 Å². The highest BCUT2D eigenvalue weighted by atomic mass is 35.5. The van der Waals surface area contributed by atoms with Gasteiger partial charge in [-0.3, -0.25) is 9.36 Å². The SMILES string of the molecule is CCOc1ccc(C=c2sc3n(c2=O)C(c2ccccc2Cl)C(C(=O)OC(C)C)=C(C)N=3)cc1OCC. The van der Waals surface area contributed by atoms with Crippen LogP contribution in [0.1, 0.15) is 51.8 Å². The van der Waals surface area contributed by atoms with Crippen molar-refractivity contribution in [1.29, 1.82) is 0 Å². The number of hydrogen-bond acceptors (Lipinski definition) is 7. The number of fused-ring (bicyclic) bond motifs is 1. The Kier molecular flexibility index (Phi) is 8.19. The van der Waals surface area contributed by atoms with Crippen molar-refractivity contribution in [3.05, 3.63) is 89.6 Å². The molecule has 1 atom stereocenters. The van der Waals surface area contributed by atoms with Gasteiger partial charge in [-0.1, -0.05) is 47.2 Å². The molecule has 0 saturated heterocycles. The highest BCUT2D eigenvalue weighted by Gasteiger charge is 2.34. The quantitative estimate of drug-likeness (QED) is 0.389. The third-order valence-corrected chi connectivity index (χ3v) is 6.98. The van der Waals surface area contributed by atoms with Crippen molar-refractivity contribution in [2.24, 2.45) is 4.99 Å². The van der Waals surface area contributed by atoms with Crippen molar-refractivity contribution in [2.45, 2.75) is 46.8 Å². The summed E-state index contributed by atoms with van der Waals surface area (Å²) >= 11 is 7.83. The Balaban J connectivity index is 1.90. The van der Waals surface area contributed by atoms with Crippen molar-refractivity contribution >= 4 is 35.0 Å². The smallest absolute Gasteiger partial charge is 0.338 e. The Morgan fingerprint density at radius 2 is 1.84 bits per heavy atom. The normalized spacial score (nSPS) is 15.4. The lowest BCUT2D eigenvalue weighted by atomic mass is 9.96. The molecule has 0 saturated carbocycles. The van der Waals surface area contributed by atoms with Crippen molar-refractivity contribution in [3.63, 3.8) is 0 Å². The van der Waals surface area contributed by atoms with Gasteiger partial charge < -0.3 is 14.2 Å². The summed E-state index contributed by atoms with van der Waals surface area (Å²) in [5, 5.41) is 0.444. The monoisotopic (exact) mass is 540 g/mol. The Labute approximate surface area is 224 Å². The first kappa shape index (κ1) is 26.7. The summed E-state index contributed by atoms with van der Waals surface area (Å²) in [5.41, 5.74) is 1.91. The highest BCUT2D eigenvalue weighted by molar-refractivity contribution is 7.07. The average Bonchev–Trinajstić information content (AvgIpc) is 3.14. The Morgan fingerprint density at radius 3 is 2.51 bits per heavy atom. The van der Waals surface area contributed by atoms with Gasteiger partial charge >= 0.3 is 5.97 Å². The molecule has 0 fully saturated rings. The number of hydrogen-bond donors (Lipinski definition) is 0. The van der Waals surface area contributed by atoms with Gasteiger partial charge in [0.25, 0.3) is 5.56 Å². The third kappa shape index (κ3) is 5.50. The fraction of sp³-hybridized carbons (Fsp3) is 0.321. The van der Waals surface area contributed by atoms with E-state index in [4.69, 9.17) is 25.8 Å². The van der Waals surface area contributed by atoms with Gasteiger partial charge in [-0.25, -0.2) is 9.79 Å². The van der Waals surface area contributed by atoms with Gasteiger partial charge in [0.05, 0.1) is 35.1 Å². The summed E-state index contributed by atoms with van der Waals surface area (Å²) in [5.74, 6) is 0.725. The molecular formula is C28H29ClN2O5S. The lowest BCUT2D eigenvalue weighted by Crippen LogP contribution is -2.40. The van der Waals surface area contributed by atoms with Crippen molar-refractivity contribution in [3.8, 4) is 11.5 Å². The number of allylic oxidation sites excluding steroid dienone is 1. The van der Waals surface area contributed by atoms with Gasteiger partial charge in [0.1, 0.15) is 6.04 Å². The minimum atomic E-state index is -0.766. The number of ether oxygens (including phenoxy) is 3. The number of benzene rings is 2. The molecule has 0 N–H and O–H groups in total. The van der Waals surface area contributed by atoms with E-state index >= 15 is 0 Å². The molecule has 1 aromatic heterocycles. The fourth-order valence-electron chi connectivity index (χ4n) is 4.16. The van der Waals surface area contributed by atoms with Gasteiger partial charge in [-0.2, -0.15) is 0 Å². The van der Waals surface area contributed by atoms with Crippen molar-refractivity contribution in [2.75, 3.05) is 13.2 Å². The number of carbonyl (C=O) groups is 1. The molecule has 3 aromatic rings. The zero-order valence-corrected chi connectivity index (χ0v) is 23.0. The molecular weight excluding hydrogens is 512 g/mol. The maximum absolute atomic E-state index is 13.8. The number of carbonyl (C=O) groups excluding carboxylic acids is 1. The summed E-state index contributed by atoms with van der Waals surface area (Å²) in [6.45, 7) is 10.1. The first-order valence-electron chi connectivity index (χ1n) is 12.1. The molecule has 0 bridgehead atoms. The van der Waals surface area contributed by atoms with Gasteiger partial charge in [-0.15, -0.1) is 0 Å². The summed E-state index contributed by atoms with van der Waals surface area (Å²) in [6, 6.07) is 12.0. The second-order valence-corrected chi connectivity index (χ2v) is 10.0. The second kappa shape index (κ2) is 11.4. The van der Waals surface area contributed by atoms with E-state index in [1.54, 1.807) is 39.0 Å². The molecule has 2 heterocycles. The second-order valence-electron chi connectivity index (χ2n) is 8.63. The number of aromatic nitrogens is 1. The van der Waals surface area contributed by atoms with Crippen LogP contribution in [-0.2, 0) is 9.53 Å². The van der Waals surface area contributed by atoms with Gasteiger partial charge in [0, 0.05) is 5.02 Å². The Morgan fingerprint density at radius 1 is 1.14 bits per heavy atom. The summed E-state index contributed by atoms with van der Waals surface area (Å²) in [4.78, 5) is 32.1. The molecule has 9 heteroatoms. The minimum Gasteiger partial charge on any atom is -0.490 e. The molecule has 0 amide bonds. The summed E-state index contributed by atoms with van der Waals surface area (Å²) in [7, 11) is 0. The number of rotatable bonds is 8. The average molecular weight is 541 g/mol. The van der Waals surface area contributed by atoms with Crippen LogP contribution in [-0.4, -0.2) is 29.9 Å². The van der Waals surface area contributed by atoms with E-state index in [2.05, 4.69) is 4.99 Å². The van der Waals surface area contributed by atoms with Crippen LogP contribution in [0.4, 0.5) is 0 Å². The maximum Gasteiger partial charge on any atom is 0.338 e. The van der Waals surface area contributed by atoms with E-state index in [0.29, 0.717) is 55.9 Å².